The summed E-state index contributed by atoms with van der Waals surface area (Å²) in [4.78, 5) is 24.9. The van der Waals surface area contributed by atoms with Gasteiger partial charge in [-0.25, -0.2) is 0 Å². The maximum atomic E-state index is 12.6. The molecule has 2 rings (SSSR count). The summed E-state index contributed by atoms with van der Waals surface area (Å²) in [6.07, 6.45) is 4.94. The van der Waals surface area contributed by atoms with E-state index in [1.165, 1.54) is 0 Å². The molecule has 0 aromatic heterocycles. The van der Waals surface area contributed by atoms with E-state index in [1.54, 1.807) is 6.92 Å². The molecule has 1 fully saturated rings. The molecule has 0 amide bonds. The molecule has 1 heterocycles. The van der Waals surface area contributed by atoms with Crippen molar-refractivity contribution >= 4 is 11.8 Å². The average molecular weight is 293 g/mol. The normalized spacial score (nSPS) is 28.2. The first-order chi connectivity index (χ1) is 10.1. The molecule has 1 aliphatic heterocycles. The van der Waals surface area contributed by atoms with Crippen LogP contribution in [-0.4, -0.2) is 30.9 Å². The van der Waals surface area contributed by atoms with Crippen LogP contribution in [0.25, 0.3) is 0 Å². The Bertz CT molecular complexity index is 465. The van der Waals surface area contributed by atoms with Crippen LogP contribution >= 0.6 is 0 Å². The summed E-state index contributed by atoms with van der Waals surface area (Å²) in [5.41, 5.74) is 1.13. The predicted molar refractivity (Wildman–Crippen MR) is 84.0 cm³/mol. The fourth-order valence-electron chi connectivity index (χ4n) is 3.03. The molecular weight excluding hydrogens is 266 g/mol. The number of ketones is 1. The van der Waals surface area contributed by atoms with Crippen molar-refractivity contribution in [3.8, 4) is 0 Å². The van der Waals surface area contributed by atoms with Gasteiger partial charge in [0.05, 0.1) is 12.6 Å². The van der Waals surface area contributed by atoms with Gasteiger partial charge in [-0.1, -0.05) is 26.0 Å². The second-order valence-electron chi connectivity index (χ2n) is 5.19. The van der Waals surface area contributed by atoms with E-state index in [2.05, 4.69) is 5.32 Å². The van der Waals surface area contributed by atoms with Crippen LogP contribution in [0.4, 0.5) is 0 Å². The van der Waals surface area contributed by atoms with Crippen LogP contribution in [0.2, 0.25) is 0 Å². The van der Waals surface area contributed by atoms with Gasteiger partial charge >= 0.3 is 5.97 Å². The number of ether oxygens (including phenoxy) is 1. The number of carbonyl (C=O) groups is 2. The first kappa shape index (κ1) is 17.6. The standard InChI is InChI=1S/C15H21NO3.C2H6/c1-4-6-11-9-15(14(18)19-5-2)7-8-16-12(10(11)3)13(15)17;1-2/h4,6,12,16H,5,7-9H2,1-3H3;1-2H3/b6-4-;. The highest BCUT2D eigenvalue weighted by Gasteiger charge is 2.54. The van der Waals surface area contributed by atoms with E-state index in [4.69, 9.17) is 4.74 Å². The topological polar surface area (TPSA) is 55.4 Å². The van der Waals surface area contributed by atoms with Crippen molar-refractivity contribution in [2.75, 3.05) is 13.2 Å². The number of Topliss-reactive ketones (excluding diaryl/α,β-unsaturated/α-hetero) is 1. The first-order valence-corrected chi connectivity index (χ1v) is 7.84. The Morgan fingerprint density at radius 3 is 2.71 bits per heavy atom. The molecule has 1 N–H and O–H groups in total. The highest BCUT2D eigenvalue weighted by atomic mass is 16.5. The van der Waals surface area contributed by atoms with Crippen LogP contribution in [0.15, 0.2) is 23.3 Å². The molecule has 1 aliphatic carbocycles. The van der Waals surface area contributed by atoms with Crippen LogP contribution in [0.1, 0.15) is 47.5 Å². The lowest BCUT2D eigenvalue weighted by molar-refractivity contribution is -0.163. The highest BCUT2D eigenvalue weighted by molar-refractivity contribution is 6.09. The molecule has 2 bridgehead atoms. The van der Waals surface area contributed by atoms with Gasteiger partial charge < -0.3 is 10.1 Å². The second kappa shape index (κ2) is 7.55. The van der Waals surface area contributed by atoms with Gasteiger partial charge in [0.25, 0.3) is 0 Å². The van der Waals surface area contributed by atoms with E-state index in [-0.39, 0.29) is 17.8 Å². The molecule has 4 heteroatoms. The minimum atomic E-state index is -0.972. The molecule has 0 spiro atoms. The van der Waals surface area contributed by atoms with Gasteiger partial charge in [-0.3, -0.25) is 9.59 Å². The van der Waals surface area contributed by atoms with Crippen molar-refractivity contribution in [1.82, 2.24) is 5.32 Å². The smallest absolute Gasteiger partial charge is 0.320 e. The monoisotopic (exact) mass is 293 g/mol. The van der Waals surface area contributed by atoms with E-state index < -0.39 is 5.41 Å². The lowest BCUT2D eigenvalue weighted by Crippen LogP contribution is -2.59. The Kier molecular flexibility index (Phi) is 6.34. The van der Waals surface area contributed by atoms with Gasteiger partial charge in [0.15, 0.2) is 5.78 Å². The third-order valence-electron chi connectivity index (χ3n) is 4.10. The molecular formula is C17H27NO3. The number of hydrogen-bond donors (Lipinski definition) is 1. The largest absolute Gasteiger partial charge is 0.465 e. The van der Waals surface area contributed by atoms with Crippen molar-refractivity contribution in [2.24, 2.45) is 5.41 Å². The fourth-order valence-corrected chi connectivity index (χ4v) is 3.03. The summed E-state index contributed by atoms with van der Waals surface area (Å²) in [5, 5.41) is 3.21. The van der Waals surface area contributed by atoms with Gasteiger partial charge in [-0.15, -0.1) is 0 Å². The first-order valence-electron chi connectivity index (χ1n) is 7.84. The Balaban J connectivity index is 0.00000106. The molecule has 2 atom stereocenters. The summed E-state index contributed by atoms with van der Waals surface area (Å²) in [6.45, 7) is 10.7. The number of fused-ring (bicyclic) bond motifs is 2. The summed E-state index contributed by atoms with van der Waals surface area (Å²) < 4.78 is 5.16. The maximum absolute atomic E-state index is 12.6. The number of nitrogens with one attached hydrogen (secondary N) is 1. The van der Waals surface area contributed by atoms with E-state index in [9.17, 15) is 9.59 Å². The quantitative estimate of drug-likeness (QED) is 0.642. The van der Waals surface area contributed by atoms with Gasteiger partial charge in [-0.2, -0.15) is 0 Å². The fraction of sp³-hybridized carbons (Fsp3) is 0.647. The summed E-state index contributed by atoms with van der Waals surface area (Å²) >= 11 is 0. The maximum Gasteiger partial charge on any atom is 0.320 e. The van der Waals surface area contributed by atoms with Gasteiger partial charge in [0, 0.05) is 0 Å². The number of rotatable bonds is 3. The lowest BCUT2D eigenvalue weighted by Gasteiger charge is -2.43. The van der Waals surface area contributed by atoms with Crippen molar-refractivity contribution in [3.63, 3.8) is 0 Å². The van der Waals surface area contributed by atoms with Gasteiger partial charge in [0.1, 0.15) is 5.41 Å². The average Bonchev–Trinajstić information content (AvgIpc) is 2.48. The molecule has 2 unspecified atom stereocenters. The zero-order valence-electron chi connectivity index (χ0n) is 13.8. The molecule has 4 nitrogen and oxygen atoms in total. The van der Waals surface area contributed by atoms with Crippen LogP contribution in [0, 0.1) is 5.41 Å². The van der Waals surface area contributed by atoms with Gasteiger partial charge in [-0.05, 0) is 51.3 Å². The summed E-state index contributed by atoms with van der Waals surface area (Å²) in [7, 11) is 0. The molecule has 118 valence electrons. The molecule has 0 aromatic carbocycles. The highest BCUT2D eigenvalue weighted by Crippen LogP contribution is 2.43. The van der Waals surface area contributed by atoms with Crippen molar-refractivity contribution < 1.29 is 14.3 Å². The van der Waals surface area contributed by atoms with E-state index in [0.29, 0.717) is 26.0 Å². The van der Waals surface area contributed by atoms with Crippen LogP contribution < -0.4 is 5.32 Å². The van der Waals surface area contributed by atoms with Crippen molar-refractivity contribution in [2.45, 2.75) is 53.5 Å². The minimum absolute atomic E-state index is 0.0250. The van der Waals surface area contributed by atoms with Crippen molar-refractivity contribution in [3.05, 3.63) is 23.3 Å². The molecule has 0 radical (unpaired) electrons. The zero-order valence-corrected chi connectivity index (χ0v) is 13.8. The van der Waals surface area contributed by atoms with E-state index in [1.807, 2.05) is 39.8 Å². The number of esters is 1. The van der Waals surface area contributed by atoms with E-state index >= 15 is 0 Å². The molecule has 0 saturated carbocycles. The number of allylic oxidation sites excluding steroid dienone is 3. The number of carbonyl (C=O) groups excluding carboxylic acids is 2. The summed E-state index contributed by atoms with van der Waals surface area (Å²) in [6, 6.07) is -0.335. The number of hydrogen-bond acceptors (Lipinski definition) is 4. The van der Waals surface area contributed by atoms with Gasteiger partial charge in [0.2, 0.25) is 0 Å². The lowest BCUT2D eigenvalue weighted by atomic mass is 9.64. The Labute approximate surface area is 127 Å². The Morgan fingerprint density at radius 1 is 1.48 bits per heavy atom. The molecule has 0 aromatic rings. The van der Waals surface area contributed by atoms with Crippen LogP contribution in [-0.2, 0) is 14.3 Å². The predicted octanol–water partition coefficient (Wildman–Crippen LogP) is 2.79. The van der Waals surface area contributed by atoms with Crippen LogP contribution in [0.3, 0.4) is 0 Å². The minimum Gasteiger partial charge on any atom is -0.465 e. The second-order valence-corrected chi connectivity index (χ2v) is 5.19. The van der Waals surface area contributed by atoms with Crippen LogP contribution in [0.5, 0.6) is 0 Å². The molecule has 1 saturated heterocycles. The third-order valence-corrected chi connectivity index (χ3v) is 4.10. The van der Waals surface area contributed by atoms with E-state index in [0.717, 1.165) is 11.1 Å². The SMILES string of the molecule is C/C=C\C1=C(C)C2NCCC(C(=O)OCC)(C1)C2=O.CC. The number of piperidine rings is 1. The third kappa shape index (κ3) is 3.10. The Morgan fingerprint density at radius 2 is 2.14 bits per heavy atom. The Hall–Kier alpha value is -1.42. The molecule has 2 aliphatic rings. The molecule has 21 heavy (non-hydrogen) atoms. The van der Waals surface area contributed by atoms with Crippen molar-refractivity contribution in [1.29, 1.82) is 0 Å². The summed E-state index contributed by atoms with van der Waals surface area (Å²) in [5.74, 6) is -0.385. The zero-order chi connectivity index (χ0) is 16.0.